The number of rotatable bonds is 6. The van der Waals surface area contributed by atoms with Crippen molar-refractivity contribution in [2.75, 3.05) is 19.8 Å². The van der Waals surface area contributed by atoms with Gasteiger partial charge in [0.05, 0.1) is 31.9 Å². The highest BCUT2D eigenvalue weighted by Gasteiger charge is 2.64. The zero-order chi connectivity index (χ0) is 19.2. The second-order valence-corrected chi connectivity index (χ2v) is 8.20. The summed E-state index contributed by atoms with van der Waals surface area (Å²) < 4.78 is 11.9. The number of aliphatic hydroxyl groups is 1. The van der Waals surface area contributed by atoms with Crippen LogP contribution in [0.1, 0.15) is 44.7 Å². The molecule has 1 spiro atoms. The zero-order valence-electron chi connectivity index (χ0n) is 16.5. The van der Waals surface area contributed by atoms with Crippen molar-refractivity contribution in [3.05, 3.63) is 29.3 Å². The third-order valence-electron chi connectivity index (χ3n) is 6.35. The van der Waals surface area contributed by atoms with Gasteiger partial charge in [0.1, 0.15) is 5.75 Å². The Balaban J connectivity index is 1.54. The summed E-state index contributed by atoms with van der Waals surface area (Å²) in [4.78, 5) is 17.2. The first-order valence-corrected chi connectivity index (χ1v) is 10.1. The molecule has 148 valence electrons. The minimum absolute atomic E-state index is 0.0397. The van der Waals surface area contributed by atoms with Gasteiger partial charge in [-0.25, -0.2) is 0 Å². The van der Waals surface area contributed by atoms with Gasteiger partial charge in [-0.3, -0.25) is 9.69 Å². The highest BCUT2D eigenvalue weighted by Crippen LogP contribution is 2.49. The van der Waals surface area contributed by atoms with E-state index in [-0.39, 0.29) is 24.6 Å². The Morgan fingerprint density at radius 3 is 2.93 bits per heavy atom. The Labute approximate surface area is 161 Å². The third-order valence-corrected chi connectivity index (χ3v) is 6.35. The molecule has 4 rings (SSSR count). The summed E-state index contributed by atoms with van der Waals surface area (Å²) in [6.07, 6.45) is 1.41. The summed E-state index contributed by atoms with van der Waals surface area (Å²) in [5.74, 6) is 1.37. The van der Waals surface area contributed by atoms with Crippen molar-refractivity contribution in [1.82, 2.24) is 9.80 Å². The van der Waals surface area contributed by atoms with Gasteiger partial charge in [0.15, 0.2) is 5.72 Å². The molecule has 27 heavy (non-hydrogen) atoms. The number of nitrogens with zero attached hydrogens (tertiary/aromatic N) is 2. The Morgan fingerprint density at radius 1 is 1.41 bits per heavy atom. The number of aliphatic hydroxyl groups excluding tert-OH is 1. The van der Waals surface area contributed by atoms with Crippen molar-refractivity contribution < 1.29 is 19.4 Å². The normalized spacial score (nSPS) is 30.3. The van der Waals surface area contributed by atoms with E-state index in [1.54, 1.807) is 0 Å². The van der Waals surface area contributed by atoms with Crippen LogP contribution in [-0.2, 0) is 22.7 Å². The van der Waals surface area contributed by atoms with Crippen molar-refractivity contribution in [1.29, 1.82) is 0 Å². The van der Waals surface area contributed by atoms with E-state index in [9.17, 15) is 9.90 Å². The lowest BCUT2D eigenvalue weighted by atomic mass is 10.0. The number of carbonyl (C=O) groups is 1. The summed E-state index contributed by atoms with van der Waals surface area (Å²) in [5, 5.41) is 9.65. The van der Waals surface area contributed by atoms with Crippen LogP contribution in [0, 0.1) is 5.92 Å². The average Bonchev–Trinajstić information content (AvgIpc) is 3.27. The topological polar surface area (TPSA) is 62.2 Å². The van der Waals surface area contributed by atoms with Crippen molar-refractivity contribution in [3.8, 4) is 5.75 Å². The molecule has 0 bridgehead atoms. The first-order chi connectivity index (χ1) is 13.0. The van der Waals surface area contributed by atoms with Crippen LogP contribution >= 0.6 is 0 Å². The van der Waals surface area contributed by atoms with Gasteiger partial charge in [0, 0.05) is 31.5 Å². The average molecular weight is 374 g/mol. The lowest BCUT2D eigenvalue weighted by Gasteiger charge is -2.34. The monoisotopic (exact) mass is 374 g/mol. The highest BCUT2D eigenvalue weighted by atomic mass is 16.5. The van der Waals surface area contributed by atoms with Crippen LogP contribution in [-0.4, -0.2) is 58.4 Å². The number of hydrogen-bond donors (Lipinski definition) is 1. The van der Waals surface area contributed by atoms with Gasteiger partial charge in [0.2, 0.25) is 5.91 Å². The van der Waals surface area contributed by atoms with Crippen molar-refractivity contribution in [3.63, 3.8) is 0 Å². The maximum atomic E-state index is 12.8. The van der Waals surface area contributed by atoms with Gasteiger partial charge in [-0.15, -0.1) is 0 Å². The molecule has 1 N–H and O–H groups in total. The van der Waals surface area contributed by atoms with Crippen molar-refractivity contribution in [2.45, 2.75) is 64.6 Å². The van der Waals surface area contributed by atoms with E-state index in [1.807, 2.05) is 19.1 Å². The van der Waals surface area contributed by atoms with E-state index < -0.39 is 5.72 Å². The standard InChI is InChI=1S/C21H30N2O4/c1-4-26-18-6-5-15(9-16(18)12-24)11-22-8-7-21-19(22)10-20(25)23(21)17(13-27-21)14(2)3/h5-6,9,14,17,19,24H,4,7-8,10-13H2,1-3H3/t17-,19+,21-/m0/s1. The molecule has 3 heterocycles. The van der Waals surface area contributed by atoms with Gasteiger partial charge in [-0.2, -0.15) is 0 Å². The predicted octanol–water partition coefficient (Wildman–Crippen LogP) is 2.14. The molecule has 6 heteroatoms. The molecule has 0 saturated carbocycles. The molecule has 3 fully saturated rings. The van der Waals surface area contributed by atoms with Crippen molar-refractivity contribution >= 4 is 5.91 Å². The maximum Gasteiger partial charge on any atom is 0.226 e. The van der Waals surface area contributed by atoms with Gasteiger partial charge in [-0.05, 0) is 30.5 Å². The van der Waals surface area contributed by atoms with Crippen LogP contribution in [0.4, 0.5) is 0 Å². The highest BCUT2D eigenvalue weighted by molar-refractivity contribution is 5.82. The summed E-state index contributed by atoms with van der Waals surface area (Å²) in [5.41, 5.74) is 1.50. The largest absolute Gasteiger partial charge is 0.494 e. The summed E-state index contributed by atoms with van der Waals surface area (Å²) in [6, 6.07) is 6.29. The molecule has 0 unspecified atom stereocenters. The number of likely N-dealkylation sites (tertiary alicyclic amines) is 1. The third kappa shape index (κ3) is 2.94. The van der Waals surface area contributed by atoms with Gasteiger partial charge >= 0.3 is 0 Å². The van der Waals surface area contributed by atoms with E-state index in [0.717, 1.165) is 36.4 Å². The fraction of sp³-hybridized carbons (Fsp3) is 0.667. The number of benzene rings is 1. The van der Waals surface area contributed by atoms with E-state index in [4.69, 9.17) is 9.47 Å². The molecule has 0 aliphatic carbocycles. The SMILES string of the molecule is CCOc1ccc(CN2CC[C@@]34OC[C@@H](C(C)C)N3C(=O)C[C@@H]24)cc1CO. The Kier molecular flexibility index (Phi) is 4.91. The van der Waals surface area contributed by atoms with Crippen LogP contribution in [0.2, 0.25) is 0 Å². The molecule has 3 atom stereocenters. The molecule has 3 aliphatic rings. The first kappa shape index (κ1) is 18.7. The molecule has 0 aromatic heterocycles. The van der Waals surface area contributed by atoms with Crippen LogP contribution in [0.15, 0.2) is 18.2 Å². The lowest BCUT2D eigenvalue weighted by molar-refractivity contribution is -0.139. The molecule has 3 aliphatic heterocycles. The molecule has 0 radical (unpaired) electrons. The number of hydrogen-bond acceptors (Lipinski definition) is 5. The first-order valence-electron chi connectivity index (χ1n) is 10.1. The van der Waals surface area contributed by atoms with Crippen LogP contribution in [0.25, 0.3) is 0 Å². The molecule has 1 amide bonds. The molecular formula is C21H30N2O4. The maximum absolute atomic E-state index is 12.8. The molecule has 1 aromatic rings. The van der Waals surface area contributed by atoms with Gasteiger partial charge in [0.25, 0.3) is 0 Å². The number of ether oxygens (including phenoxy) is 2. The van der Waals surface area contributed by atoms with E-state index in [0.29, 0.717) is 25.6 Å². The van der Waals surface area contributed by atoms with E-state index in [2.05, 4.69) is 29.7 Å². The fourth-order valence-electron chi connectivity index (χ4n) is 5.03. The lowest BCUT2D eigenvalue weighted by Crippen LogP contribution is -2.50. The summed E-state index contributed by atoms with van der Waals surface area (Å²) in [6.45, 7) is 9.12. The Bertz CT molecular complexity index is 722. The number of amides is 1. The van der Waals surface area contributed by atoms with Crippen molar-refractivity contribution in [2.24, 2.45) is 5.92 Å². The van der Waals surface area contributed by atoms with Crippen LogP contribution < -0.4 is 4.74 Å². The Morgan fingerprint density at radius 2 is 2.22 bits per heavy atom. The predicted molar refractivity (Wildman–Crippen MR) is 101 cm³/mol. The second kappa shape index (κ2) is 7.08. The van der Waals surface area contributed by atoms with Crippen LogP contribution in [0.5, 0.6) is 5.75 Å². The molecule has 6 nitrogen and oxygen atoms in total. The van der Waals surface area contributed by atoms with Gasteiger partial charge in [-0.1, -0.05) is 19.9 Å². The molecule has 3 saturated heterocycles. The minimum Gasteiger partial charge on any atom is -0.494 e. The minimum atomic E-state index is -0.433. The second-order valence-electron chi connectivity index (χ2n) is 8.20. The molecular weight excluding hydrogens is 344 g/mol. The van der Waals surface area contributed by atoms with E-state index >= 15 is 0 Å². The fourth-order valence-corrected chi connectivity index (χ4v) is 5.03. The van der Waals surface area contributed by atoms with Gasteiger partial charge < -0.3 is 19.5 Å². The Hall–Kier alpha value is -1.63. The van der Waals surface area contributed by atoms with E-state index in [1.165, 1.54) is 0 Å². The zero-order valence-corrected chi connectivity index (χ0v) is 16.5. The summed E-state index contributed by atoms with van der Waals surface area (Å²) in [7, 11) is 0. The molecule has 1 aromatic carbocycles. The smallest absolute Gasteiger partial charge is 0.226 e. The number of carbonyl (C=O) groups excluding carboxylic acids is 1. The quantitative estimate of drug-likeness (QED) is 0.827. The van der Waals surface area contributed by atoms with Crippen LogP contribution in [0.3, 0.4) is 0 Å². The summed E-state index contributed by atoms with van der Waals surface area (Å²) >= 11 is 0.